The van der Waals surface area contributed by atoms with E-state index in [1.165, 1.54) is 35.7 Å². The SMILES string of the molecule is COC(=O)c1ccc(Cl)cc1NC(=O)CSc1nnnn1-c1ccccc1. The first kappa shape index (κ1) is 18.9. The number of halogens is 1. The van der Waals surface area contributed by atoms with Gasteiger partial charge in [0, 0.05) is 5.02 Å². The second-order valence-corrected chi connectivity index (χ2v) is 6.61. The number of ether oxygens (including phenoxy) is 1. The third-order valence-corrected chi connectivity index (χ3v) is 4.59. The third-order valence-electron chi connectivity index (χ3n) is 3.44. The lowest BCUT2D eigenvalue weighted by Crippen LogP contribution is -2.17. The fraction of sp³-hybridized carbons (Fsp3) is 0.118. The number of benzene rings is 2. The van der Waals surface area contributed by atoms with E-state index in [2.05, 4.69) is 20.8 Å². The summed E-state index contributed by atoms with van der Waals surface area (Å²) in [5, 5.41) is 15.0. The summed E-state index contributed by atoms with van der Waals surface area (Å²) in [6.07, 6.45) is 0. The molecule has 0 unspecified atom stereocenters. The Bertz CT molecular complexity index is 964. The lowest BCUT2D eigenvalue weighted by molar-refractivity contribution is -0.113. The normalized spacial score (nSPS) is 10.4. The van der Waals surface area contributed by atoms with Gasteiger partial charge in [-0.25, -0.2) is 4.79 Å². The number of nitrogens with one attached hydrogen (secondary N) is 1. The summed E-state index contributed by atoms with van der Waals surface area (Å²) < 4.78 is 6.25. The summed E-state index contributed by atoms with van der Waals surface area (Å²) in [7, 11) is 1.27. The van der Waals surface area contributed by atoms with Gasteiger partial charge in [0.1, 0.15) is 0 Å². The van der Waals surface area contributed by atoms with Crippen molar-refractivity contribution in [3.8, 4) is 5.69 Å². The van der Waals surface area contributed by atoms with Gasteiger partial charge in [0.15, 0.2) is 0 Å². The number of esters is 1. The molecule has 0 saturated carbocycles. The summed E-state index contributed by atoms with van der Waals surface area (Å²) in [6, 6.07) is 13.9. The van der Waals surface area contributed by atoms with Gasteiger partial charge in [-0.3, -0.25) is 4.79 Å². The molecule has 1 amide bonds. The first-order valence-electron chi connectivity index (χ1n) is 7.73. The Labute approximate surface area is 163 Å². The summed E-state index contributed by atoms with van der Waals surface area (Å²) in [5.41, 5.74) is 1.28. The number of aromatic nitrogens is 4. The zero-order chi connectivity index (χ0) is 19.2. The number of methoxy groups -OCH3 is 1. The highest BCUT2D eigenvalue weighted by Gasteiger charge is 2.16. The first-order valence-corrected chi connectivity index (χ1v) is 9.09. The molecule has 0 fully saturated rings. The molecule has 138 valence electrons. The number of carbonyl (C=O) groups is 2. The Morgan fingerprint density at radius 2 is 2.00 bits per heavy atom. The minimum absolute atomic E-state index is 0.0420. The number of hydrogen-bond donors (Lipinski definition) is 1. The maximum atomic E-state index is 12.3. The topological polar surface area (TPSA) is 99.0 Å². The minimum atomic E-state index is -0.567. The van der Waals surface area contributed by atoms with Gasteiger partial charge in [0.05, 0.1) is 29.8 Å². The van der Waals surface area contributed by atoms with Crippen LogP contribution in [-0.2, 0) is 9.53 Å². The van der Waals surface area contributed by atoms with E-state index >= 15 is 0 Å². The number of tetrazole rings is 1. The number of carbonyl (C=O) groups excluding carboxylic acids is 2. The van der Waals surface area contributed by atoms with E-state index in [9.17, 15) is 9.59 Å². The number of rotatable bonds is 6. The molecule has 3 rings (SSSR count). The van der Waals surface area contributed by atoms with Crippen LogP contribution in [0.3, 0.4) is 0 Å². The van der Waals surface area contributed by atoms with Gasteiger partial charge in [0.2, 0.25) is 11.1 Å². The Hall–Kier alpha value is -2.91. The summed E-state index contributed by atoms with van der Waals surface area (Å²) >= 11 is 7.12. The van der Waals surface area contributed by atoms with Crippen LogP contribution in [0, 0.1) is 0 Å². The van der Waals surface area contributed by atoms with Crippen molar-refractivity contribution in [2.24, 2.45) is 0 Å². The van der Waals surface area contributed by atoms with Crippen LogP contribution < -0.4 is 5.32 Å². The van der Waals surface area contributed by atoms with Crippen LogP contribution in [0.4, 0.5) is 5.69 Å². The molecule has 8 nitrogen and oxygen atoms in total. The van der Waals surface area contributed by atoms with E-state index in [0.717, 1.165) is 5.69 Å². The second kappa shape index (κ2) is 8.65. The molecule has 0 atom stereocenters. The predicted octanol–water partition coefficient (Wildman–Crippen LogP) is 2.83. The van der Waals surface area contributed by atoms with Crippen LogP contribution in [0.5, 0.6) is 0 Å². The van der Waals surface area contributed by atoms with Gasteiger partial charge in [-0.1, -0.05) is 41.6 Å². The zero-order valence-electron chi connectivity index (χ0n) is 14.1. The summed E-state index contributed by atoms with van der Waals surface area (Å²) in [4.78, 5) is 24.1. The van der Waals surface area contributed by atoms with Crippen molar-refractivity contribution in [1.82, 2.24) is 20.2 Å². The lowest BCUT2D eigenvalue weighted by atomic mass is 10.2. The molecule has 0 aliphatic heterocycles. The third kappa shape index (κ3) is 4.63. The van der Waals surface area contributed by atoms with E-state index in [1.54, 1.807) is 6.07 Å². The number of anilines is 1. The highest BCUT2D eigenvalue weighted by atomic mass is 35.5. The Kier molecular flexibility index (Phi) is 6.05. The van der Waals surface area contributed by atoms with Crippen molar-refractivity contribution in [1.29, 1.82) is 0 Å². The van der Waals surface area contributed by atoms with E-state index in [4.69, 9.17) is 16.3 Å². The molecule has 0 aliphatic rings. The van der Waals surface area contributed by atoms with Crippen molar-refractivity contribution in [3.63, 3.8) is 0 Å². The van der Waals surface area contributed by atoms with Gasteiger partial charge in [-0.2, -0.15) is 4.68 Å². The molecule has 1 aromatic heterocycles. The van der Waals surface area contributed by atoms with E-state index in [0.29, 0.717) is 10.2 Å². The molecule has 0 radical (unpaired) electrons. The standard InChI is InChI=1S/C17H14ClN5O3S/c1-26-16(25)13-8-7-11(18)9-14(13)19-15(24)10-27-17-20-21-22-23(17)12-5-3-2-4-6-12/h2-9H,10H2,1H3,(H,19,24). The number of para-hydroxylation sites is 1. The number of nitrogens with zero attached hydrogens (tertiary/aromatic N) is 4. The Balaban J connectivity index is 1.69. The highest BCUT2D eigenvalue weighted by molar-refractivity contribution is 7.99. The number of amides is 1. The molecule has 0 bridgehead atoms. The number of hydrogen-bond acceptors (Lipinski definition) is 7. The van der Waals surface area contributed by atoms with Gasteiger partial charge in [-0.05, 0) is 40.8 Å². The fourth-order valence-corrected chi connectivity index (χ4v) is 3.09. The second-order valence-electron chi connectivity index (χ2n) is 5.23. The Morgan fingerprint density at radius 1 is 1.22 bits per heavy atom. The van der Waals surface area contributed by atoms with Crippen LogP contribution in [0.25, 0.3) is 5.69 Å². The fourth-order valence-electron chi connectivity index (χ4n) is 2.22. The summed E-state index contributed by atoms with van der Waals surface area (Å²) in [5.74, 6) is -0.863. The molecule has 3 aromatic rings. The monoisotopic (exact) mass is 403 g/mol. The molecule has 1 N–H and O–H groups in total. The van der Waals surface area contributed by atoms with Gasteiger partial charge in [0.25, 0.3) is 0 Å². The maximum absolute atomic E-state index is 12.3. The average molecular weight is 404 g/mol. The molecule has 0 spiro atoms. The van der Waals surface area contributed by atoms with Gasteiger partial charge in [-0.15, -0.1) is 5.10 Å². The molecule has 2 aromatic carbocycles. The maximum Gasteiger partial charge on any atom is 0.339 e. The van der Waals surface area contributed by atoms with Crippen molar-refractivity contribution in [2.45, 2.75) is 5.16 Å². The summed E-state index contributed by atoms with van der Waals surface area (Å²) in [6.45, 7) is 0. The van der Waals surface area contributed by atoms with Crippen molar-refractivity contribution >= 4 is 40.9 Å². The molecule has 1 heterocycles. The quantitative estimate of drug-likeness (QED) is 0.499. The van der Waals surface area contributed by atoms with Crippen molar-refractivity contribution in [2.75, 3.05) is 18.2 Å². The van der Waals surface area contributed by atoms with Crippen molar-refractivity contribution in [3.05, 3.63) is 59.1 Å². The zero-order valence-corrected chi connectivity index (χ0v) is 15.7. The lowest BCUT2D eigenvalue weighted by Gasteiger charge is -2.10. The van der Waals surface area contributed by atoms with E-state index < -0.39 is 5.97 Å². The van der Waals surface area contributed by atoms with Crippen molar-refractivity contribution < 1.29 is 14.3 Å². The van der Waals surface area contributed by atoms with Crippen LogP contribution in [0.15, 0.2) is 53.7 Å². The van der Waals surface area contributed by atoms with Crippen LogP contribution in [0.1, 0.15) is 10.4 Å². The molecular formula is C17H14ClN5O3S. The smallest absolute Gasteiger partial charge is 0.339 e. The van der Waals surface area contributed by atoms with Gasteiger partial charge < -0.3 is 10.1 Å². The largest absolute Gasteiger partial charge is 0.465 e. The highest BCUT2D eigenvalue weighted by Crippen LogP contribution is 2.23. The minimum Gasteiger partial charge on any atom is -0.465 e. The Morgan fingerprint density at radius 3 is 2.74 bits per heavy atom. The number of thioether (sulfide) groups is 1. The molecule has 0 aliphatic carbocycles. The average Bonchev–Trinajstić information content (AvgIpc) is 3.15. The molecule has 0 saturated heterocycles. The molecule has 27 heavy (non-hydrogen) atoms. The van der Waals surface area contributed by atoms with Crippen LogP contribution in [-0.4, -0.2) is 44.9 Å². The van der Waals surface area contributed by atoms with E-state index in [-0.39, 0.29) is 22.9 Å². The van der Waals surface area contributed by atoms with E-state index in [1.807, 2.05) is 30.3 Å². The predicted molar refractivity (Wildman–Crippen MR) is 101 cm³/mol. The molecule has 10 heteroatoms. The molecular weight excluding hydrogens is 390 g/mol. The first-order chi connectivity index (χ1) is 13.1. The van der Waals surface area contributed by atoms with Crippen LogP contribution >= 0.6 is 23.4 Å². The van der Waals surface area contributed by atoms with Crippen LogP contribution in [0.2, 0.25) is 5.02 Å². The van der Waals surface area contributed by atoms with Gasteiger partial charge >= 0.3 is 5.97 Å².